The van der Waals surface area contributed by atoms with Crippen LogP contribution in [0.15, 0.2) is 51.7 Å². The lowest BCUT2D eigenvalue weighted by atomic mass is 9.98. The minimum atomic E-state index is -0.551. The van der Waals surface area contributed by atoms with Crippen molar-refractivity contribution < 1.29 is 18.7 Å². The van der Waals surface area contributed by atoms with Gasteiger partial charge in [0, 0.05) is 6.54 Å². The third kappa shape index (κ3) is 4.09. The Balaban J connectivity index is 1.82. The molecule has 0 fully saturated rings. The average Bonchev–Trinajstić information content (AvgIpc) is 3.13. The van der Waals surface area contributed by atoms with E-state index in [0.29, 0.717) is 34.6 Å². The van der Waals surface area contributed by atoms with E-state index < -0.39 is 6.04 Å². The number of amides is 1. The van der Waals surface area contributed by atoms with Crippen LogP contribution in [0.3, 0.4) is 0 Å². The van der Waals surface area contributed by atoms with Crippen LogP contribution in [0.4, 0.5) is 0 Å². The first-order chi connectivity index (χ1) is 16.0. The predicted molar refractivity (Wildman–Crippen MR) is 127 cm³/mol. The lowest BCUT2D eigenvalue weighted by molar-refractivity contribution is 0.0720. The molecule has 4 rings (SSSR count). The van der Waals surface area contributed by atoms with Crippen molar-refractivity contribution in [2.45, 2.75) is 26.3 Å². The molecule has 0 spiro atoms. The van der Waals surface area contributed by atoms with Crippen LogP contribution in [0.2, 0.25) is 0 Å². The minimum absolute atomic E-state index is 0.126. The number of fused-ring (bicyclic) bond motifs is 2. The second-order valence-electron chi connectivity index (χ2n) is 8.07. The van der Waals surface area contributed by atoms with Crippen molar-refractivity contribution in [1.82, 2.24) is 9.80 Å². The fourth-order valence-corrected chi connectivity index (χ4v) is 4.57. The van der Waals surface area contributed by atoms with Crippen LogP contribution >= 0.6 is 0 Å². The maximum atomic E-state index is 13.5. The van der Waals surface area contributed by atoms with Gasteiger partial charge in [0.15, 0.2) is 16.9 Å². The molecule has 33 heavy (non-hydrogen) atoms. The number of carbonyl (C=O) groups excluding carboxylic acids is 1. The van der Waals surface area contributed by atoms with E-state index in [1.165, 1.54) is 0 Å². The molecule has 0 saturated heterocycles. The van der Waals surface area contributed by atoms with Gasteiger partial charge >= 0.3 is 0 Å². The summed E-state index contributed by atoms with van der Waals surface area (Å²) in [6.07, 6.45) is 0.791. The highest BCUT2D eigenvalue weighted by Crippen LogP contribution is 2.40. The Morgan fingerprint density at radius 2 is 1.73 bits per heavy atom. The molecule has 0 aliphatic carbocycles. The van der Waals surface area contributed by atoms with Crippen LogP contribution in [-0.4, -0.2) is 56.1 Å². The molecule has 2 aromatic carbocycles. The molecular weight excluding hydrogens is 420 g/mol. The molecule has 7 nitrogen and oxygen atoms in total. The summed E-state index contributed by atoms with van der Waals surface area (Å²) >= 11 is 0. The first-order valence-corrected chi connectivity index (χ1v) is 11.3. The molecule has 1 aromatic heterocycles. The van der Waals surface area contributed by atoms with E-state index in [-0.39, 0.29) is 17.1 Å². The van der Waals surface area contributed by atoms with Gasteiger partial charge in [0.05, 0.1) is 31.2 Å². The normalized spacial score (nSPS) is 15.4. The third-order valence-electron chi connectivity index (χ3n) is 6.36. The number of carbonyl (C=O) groups is 1. The highest BCUT2D eigenvalue weighted by atomic mass is 16.5. The summed E-state index contributed by atoms with van der Waals surface area (Å²) in [6, 6.07) is 12.0. The summed E-state index contributed by atoms with van der Waals surface area (Å²) in [6.45, 7) is 7.54. The molecule has 174 valence electrons. The van der Waals surface area contributed by atoms with E-state index in [9.17, 15) is 9.59 Å². The zero-order valence-corrected chi connectivity index (χ0v) is 19.6. The molecule has 7 heteroatoms. The summed E-state index contributed by atoms with van der Waals surface area (Å²) in [5, 5.41) is 0.472. The molecule has 0 radical (unpaired) electrons. The summed E-state index contributed by atoms with van der Waals surface area (Å²) in [5.41, 5.74) is 1.41. The van der Waals surface area contributed by atoms with Gasteiger partial charge < -0.3 is 23.7 Å². The van der Waals surface area contributed by atoms with Crippen molar-refractivity contribution in [2.75, 3.05) is 40.4 Å². The van der Waals surface area contributed by atoms with E-state index in [1.807, 2.05) is 12.1 Å². The smallest absolute Gasteiger partial charge is 0.290 e. The van der Waals surface area contributed by atoms with Crippen LogP contribution in [0.25, 0.3) is 11.0 Å². The van der Waals surface area contributed by atoms with Gasteiger partial charge in [-0.2, -0.15) is 0 Å². The van der Waals surface area contributed by atoms with Gasteiger partial charge in [-0.1, -0.05) is 32.0 Å². The summed E-state index contributed by atoms with van der Waals surface area (Å²) in [4.78, 5) is 31.1. The number of ether oxygens (including phenoxy) is 2. The predicted octanol–water partition coefficient (Wildman–Crippen LogP) is 4.09. The van der Waals surface area contributed by atoms with Crippen molar-refractivity contribution in [2.24, 2.45) is 0 Å². The molecule has 0 bridgehead atoms. The van der Waals surface area contributed by atoms with Gasteiger partial charge in [-0.05, 0) is 55.9 Å². The molecule has 0 unspecified atom stereocenters. The summed E-state index contributed by atoms with van der Waals surface area (Å²) in [7, 11) is 3.14. The van der Waals surface area contributed by atoms with Gasteiger partial charge in [-0.15, -0.1) is 0 Å². The van der Waals surface area contributed by atoms with Crippen molar-refractivity contribution in [3.05, 3.63) is 69.6 Å². The first-order valence-electron chi connectivity index (χ1n) is 11.3. The largest absolute Gasteiger partial charge is 0.493 e. The third-order valence-corrected chi connectivity index (χ3v) is 6.36. The number of rotatable bonds is 9. The van der Waals surface area contributed by atoms with Crippen molar-refractivity contribution in [3.8, 4) is 11.5 Å². The molecule has 1 aliphatic heterocycles. The number of benzene rings is 2. The Labute approximate surface area is 193 Å². The first kappa shape index (κ1) is 22.9. The lowest BCUT2D eigenvalue weighted by Crippen LogP contribution is -2.33. The van der Waals surface area contributed by atoms with Crippen LogP contribution < -0.4 is 14.9 Å². The molecule has 2 heterocycles. The van der Waals surface area contributed by atoms with Crippen LogP contribution in [-0.2, 0) is 0 Å². The standard InChI is InChI=1S/C26H30N2O5/c1-5-27(6-2)14-9-15-28-23(17-12-13-20(31-3)21(16-17)32-4)22-24(29)18-10-7-8-11-19(18)33-25(22)26(28)30/h7-8,10-13,16,23H,5-6,9,14-15H2,1-4H3/t23-/m0/s1. The summed E-state index contributed by atoms with van der Waals surface area (Å²) in [5.74, 6) is 1.00. The Kier molecular flexibility index (Phi) is 6.70. The highest BCUT2D eigenvalue weighted by Gasteiger charge is 2.42. The number of methoxy groups -OCH3 is 2. The fraction of sp³-hybridized carbons (Fsp3) is 0.385. The Morgan fingerprint density at radius 3 is 2.42 bits per heavy atom. The maximum absolute atomic E-state index is 13.5. The topological polar surface area (TPSA) is 72.2 Å². The number of hydrogen-bond acceptors (Lipinski definition) is 6. The highest BCUT2D eigenvalue weighted by molar-refractivity contribution is 5.99. The number of nitrogens with zero attached hydrogens (tertiary/aromatic N) is 2. The van der Waals surface area contributed by atoms with Crippen LogP contribution in [0, 0.1) is 0 Å². The van der Waals surface area contributed by atoms with Gasteiger partial charge in [0.25, 0.3) is 5.91 Å². The van der Waals surface area contributed by atoms with E-state index >= 15 is 0 Å². The molecular formula is C26H30N2O5. The van der Waals surface area contributed by atoms with E-state index in [4.69, 9.17) is 13.9 Å². The SMILES string of the molecule is CCN(CC)CCCN1C(=O)c2oc3ccccc3c(=O)c2[C@@H]1c1ccc(OC)c(OC)c1. The minimum Gasteiger partial charge on any atom is -0.493 e. The fourth-order valence-electron chi connectivity index (χ4n) is 4.57. The second kappa shape index (κ2) is 9.67. The molecule has 1 amide bonds. The van der Waals surface area contributed by atoms with Crippen LogP contribution in [0.5, 0.6) is 11.5 Å². The van der Waals surface area contributed by atoms with Gasteiger partial charge in [-0.25, -0.2) is 0 Å². The van der Waals surface area contributed by atoms with E-state index in [0.717, 1.165) is 31.6 Å². The average molecular weight is 451 g/mol. The van der Waals surface area contributed by atoms with Crippen LogP contribution in [0.1, 0.15) is 48.0 Å². The molecule has 1 aliphatic rings. The van der Waals surface area contributed by atoms with Gasteiger partial charge in [-0.3, -0.25) is 9.59 Å². The monoisotopic (exact) mass is 450 g/mol. The molecule has 0 N–H and O–H groups in total. The quantitative estimate of drug-likeness (QED) is 0.489. The van der Waals surface area contributed by atoms with E-state index in [1.54, 1.807) is 49.5 Å². The molecule has 3 aromatic rings. The maximum Gasteiger partial charge on any atom is 0.290 e. The number of hydrogen-bond donors (Lipinski definition) is 0. The van der Waals surface area contributed by atoms with E-state index in [2.05, 4.69) is 18.7 Å². The van der Waals surface area contributed by atoms with Crippen molar-refractivity contribution >= 4 is 16.9 Å². The summed E-state index contributed by atoms with van der Waals surface area (Å²) < 4.78 is 16.9. The Hall–Kier alpha value is -3.32. The zero-order valence-electron chi connectivity index (χ0n) is 19.6. The molecule has 0 saturated carbocycles. The number of para-hydroxylation sites is 1. The Morgan fingerprint density at radius 1 is 1.00 bits per heavy atom. The second-order valence-corrected chi connectivity index (χ2v) is 8.07. The zero-order chi connectivity index (χ0) is 23.5. The van der Waals surface area contributed by atoms with Crippen molar-refractivity contribution in [3.63, 3.8) is 0 Å². The van der Waals surface area contributed by atoms with Crippen molar-refractivity contribution in [1.29, 1.82) is 0 Å². The van der Waals surface area contributed by atoms with Gasteiger partial charge in [0.1, 0.15) is 5.58 Å². The van der Waals surface area contributed by atoms with Gasteiger partial charge in [0.2, 0.25) is 5.76 Å². The molecule has 1 atom stereocenters. The lowest BCUT2D eigenvalue weighted by Gasteiger charge is -2.27. The Bertz CT molecular complexity index is 1220.